The van der Waals surface area contributed by atoms with E-state index < -0.39 is 59.7 Å². The molecule has 2 bridgehead atoms. The Hall–Kier alpha value is -3.12. The van der Waals surface area contributed by atoms with E-state index in [4.69, 9.17) is 28.6 Å². The van der Waals surface area contributed by atoms with Crippen LogP contribution in [0, 0.1) is 5.92 Å². The number of fused-ring (bicyclic) bond motifs is 5. The SMILES string of the molecule is Nc1nc2c(ncn2[C@@H]2O[C@@H]3COP(=O)(O)O[C@H]4C[C@H](Nc5ncnc6ccnn56)CC4COPO[C@@H]2[C@@H]3O)c(=O)[nH]1. The third-order valence-corrected chi connectivity index (χ3v) is 9.07. The number of aromatic amines is 1. The molecule has 7 rings (SSSR count). The predicted octanol–water partition coefficient (Wildman–Crippen LogP) is -0.285. The van der Waals surface area contributed by atoms with Crippen molar-refractivity contribution in [2.75, 3.05) is 24.3 Å². The van der Waals surface area contributed by atoms with Crippen LogP contribution in [-0.4, -0.2) is 92.8 Å². The average molecular weight is 624 g/mol. The highest BCUT2D eigenvalue weighted by atomic mass is 31.2. The van der Waals surface area contributed by atoms with Crippen LogP contribution in [0.5, 0.6) is 0 Å². The summed E-state index contributed by atoms with van der Waals surface area (Å²) < 4.78 is 44.6. The lowest BCUT2D eigenvalue weighted by molar-refractivity contribution is -0.0523. The van der Waals surface area contributed by atoms with Crippen LogP contribution in [0.2, 0.25) is 0 Å². The van der Waals surface area contributed by atoms with Gasteiger partial charge in [0.05, 0.1) is 31.8 Å². The molecule has 6 N–H and O–H groups in total. The fraction of sp³-hybridized carbons (Fsp3) is 0.524. The largest absolute Gasteiger partial charge is 0.472 e. The summed E-state index contributed by atoms with van der Waals surface area (Å²) in [4.78, 5) is 41.9. The first kappa shape index (κ1) is 27.7. The van der Waals surface area contributed by atoms with Crippen molar-refractivity contribution < 1.29 is 37.4 Å². The number of phosphoric acid groups is 1. The zero-order chi connectivity index (χ0) is 29.0. The second-order valence-electron chi connectivity index (χ2n) is 10.1. The number of nitrogens with zero attached hydrogens (tertiary/aromatic N) is 7. The molecule has 0 radical (unpaired) electrons. The van der Waals surface area contributed by atoms with Crippen LogP contribution in [0.1, 0.15) is 19.1 Å². The van der Waals surface area contributed by atoms with E-state index in [0.717, 1.165) is 0 Å². The Labute approximate surface area is 237 Å². The highest BCUT2D eigenvalue weighted by molar-refractivity contribution is 7.47. The third kappa shape index (κ3) is 5.16. The topological polar surface area (TPSA) is 248 Å². The fourth-order valence-corrected chi connectivity index (χ4v) is 7.19. The van der Waals surface area contributed by atoms with Gasteiger partial charge in [0, 0.05) is 18.0 Å². The van der Waals surface area contributed by atoms with Gasteiger partial charge in [-0.05, 0) is 12.8 Å². The molecule has 9 atom stereocenters. The maximum Gasteiger partial charge on any atom is 0.472 e. The maximum absolute atomic E-state index is 13.0. The summed E-state index contributed by atoms with van der Waals surface area (Å²) in [7, 11) is -5.13. The van der Waals surface area contributed by atoms with Crippen LogP contribution >= 0.6 is 16.9 Å². The first-order valence-corrected chi connectivity index (χ1v) is 15.2. The van der Waals surface area contributed by atoms with E-state index in [1.807, 2.05) is 0 Å². The number of aliphatic hydroxyl groups is 1. The number of aromatic nitrogens is 8. The molecule has 6 heterocycles. The Balaban J connectivity index is 1.10. The zero-order valence-electron chi connectivity index (χ0n) is 21.6. The highest BCUT2D eigenvalue weighted by Crippen LogP contribution is 2.50. The van der Waals surface area contributed by atoms with E-state index in [1.165, 1.54) is 17.2 Å². The second-order valence-corrected chi connectivity index (χ2v) is 12.2. The van der Waals surface area contributed by atoms with Crippen molar-refractivity contribution in [3.8, 4) is 0 Å². The fourth-order valence-electron chi connectivity index (χ4n) is 5.48. The molecule has 3 aliphatic rings. The summed E-state index contributed by atoms with van der Waals surface area (Å²) in [6, 6.07) is 1.56. The molecular formula is C21H26N10O9P2. The van der Waals surface area contributed by atoms with Gasteiger partial charge in [-0.2, -0.15) is 14.6 Å². The average Bonchev–Trinajstić information content (AvgIpc) is 3.72. The second kappa shape index (κ2) is 10.9. The standard InChI is InChI=1S/C21H26N10O9P2/c22-20-28-17-14(18(33)29-20)25-8-30(17)19-16-15(32)12(38-19)6-37-42(34,35)40-11-4-10(3-9(11)5-36-41-39-16)27-21-24-7-23-13-1-2-26-31(13)21/h1-2,7-12,15-16,19,32,41H,3-6H2,(H,34,35)(H,23,24,27)(H3,22,28,29,33)/t9?,10-,11+,12-,15-,16-,19-/m1/s1. The predicted molar refractivity (Wildman–Crippen MR) is 143 cm³/mol. The van der Waals surface area contributed by atoms with Crippen LogP contribution in [0.15, 0.2) is 29.7 Å². The molecule has 2 saturated heterocycles. The highest BCUT2D eigenvalue weighted by Gasteiger charge is 2.48. The molecule has 4 aromatic rings. The van der Waals surface area contributed by atoms with E-state index in [1.54, 1.807) is 16.8 Å². The molecule has 1 aliphatic carbocycles. The van der Waals surface area contributed by atoms with Crippen molar-refractivity contribution in [2.45, 2.75) is 49.5 Å². The molecular weight excluding hydrogens is 598 g/mol. The van der Waals surface area contributed by atoms with Gasteiger partial charge in [-0.25, -0.2) is 19.5 Å². The molecule has 0 amide bonds. The molecule has 0 aromatic carbocycles. The van der Waals surface area contributed by atoms with E-state index in [2.05, 4.69) is 35.3 Å². The van der Waals surface area contributed by atoms with Gasteiger partial charge >= 0.3 is 7.82 Å². The molecule has 21 heteroatoms. The lowest BCUT2D eigenvalue weighted by atomic mass is 10.1. The minimum atomic E-state index is -4.60. The Kier molecular flexibility index (Phi) is 7.16. The minimum absolute atomic E-state index is 0.00722. The van der Waals surface area contributed by atoms with Gasteiger partial charge in [0.15, 0.2) is 32.1 Å². The number of nitrogens with two attached hydrogens (primary N) is 1. The van der Waals surface area contributed by atoms with Crippen molar-refractivity contribution in [2.24, 2.45) is 5.92 Å². The van der Waals surface area contributed by atoms with Crippen molar-refractivity contribution in [1.82, 2.24) is 39.1 Å². The monoisotopic (exact) mass is 624 g/mol. The number of imidazole rings is 1. The van der Waals surface area contributed by atoms with E-state index in [0.29, 0.717) is 24.4 Å². The van der Waals surface area contributed by atoms with Gasteiger partial charge in [-0.3, -0.25) is 23.4 Å². The van der Waals surface area contributed by atoms with Crippen molar-refractivity contribution >= 4 is 45.6 Å². The van der Waals surface area contributed by atoms with Crippen LogP contribution in [-0.2, 0) is 27.4 Å². The van der Waals surface area contributed by atoms with Gasteiger partial charge in [0.25, 0.3) is 5.56 Å². The summed E-state index contributed by atoms with van der Waals surface area (Å²) in [6.07, 6.45) is 0.0462. The molecule has 224 valence electrons. The lowest BCUT2D eigenvalue weighted by Crippen LogP contribution is -2.34. The third-order valence-electron chi connectivity index (χ3n) is 7.41. The number of hydrogen-bond donors (Lipinski definition) is 5. The zero-order valence-corrected chi connectivity index (χ0v) is 23.5. The lowest BCUT2D eigenvalue weighted by Gasteiger charge is -2.24. The van der Waals surface area contributed by atoms with E-state index in [-0.39, 0.29) is 35.7 Å². The van der Waals surface area contributed by atoms with E-state index in [9.17, 15) is 19.4 Å². The quantitative estimate of drug-likeness (QED) is 0.184. The smallest absolute Gasteiger partial charge is 0.387 e. The van der Waals surface area contributed by atoms with Gasteiger partial charge in [-0.15, -0.1) is 0 Å². The van der Waals surface area contributed by atoms with Crippen LogP contribution in [0.4, 0.5) is 11.9 Å². The molecule has 2 aliphatic heterocycles. The molecule has 4 aromatic heterocycles. The van der Waals surface area contributed by atoms with E-state index >= 15 is 0 Å². The van der Waals surface area contributed by atoms with Crippen molar-refractivity contribution in [1.29, 1.82) is 0 Å². The number of aliphatic hydroxyl groups excluding tert-OH is 1. The minimum Gasteiger partial charge on any atom is -0.387 e. The van der Waals surface area contributed by atoms with Crippen molar-refractivity contribution in [3.63, 3.8) is 0 Å². The van der Waals surface area contributed by atoms with Gasteiger partial charge < -0.3 is 34.8 Å². The van der Waals surface area contributed by atoms with Gasteiger partial charge in [0.1, 0.15) is 24.6 Å². The number of ether oxygens (including phenoxy) is 1. The molecule has 1 saturated carbocycles. The van der Waals surface area contributed by atoms with Gasteiger partial charge in [0.2, 0.25) is 11.9 Å². The molecule has 19 nitrogen and oxygen atoms in total. The molecule has 42 heavy (non-hydrogen) atoms. The molecule has 3 fully saturated rings. The van der Waals surface area contributed by atoms with Crippen molar-refractivity contribution in [3.05, 3.63) is 35.3 Å². The Bertz CT molecular complexity index is 1720. The van der Waals surface area contributed by atoms with Gasteiger partial charge in [-0.1, -0.05) is 0 Å². The normalized spacial score (nSPS) is 34.7. The summed E-state index contributed by atoms with van der Waals surface area (Å²) in [5.41, 5.74) is 5.89. The maximum atomic E-state index is 13.0. The Morgan fingerprint density at radius 2 is 2.10 bits per heavy atom. The number of rotatable bonds is 3. The van der Waals surface area contributed by atoms with Crippen LogP contribution in [0.25, 0.3) is 16.8 Å². The number of nitrogen functional groups attached to an aromatic ring is 1. The summed E-state index contributed by atoms with van der Waals surface area (Å²) in [6.45, 7) is -0.364. The Morgan fingerprint density at radius 1 is 1.21 bits per heavy atom. The number of hydrogen-bond acceptors (Lipinski definition) is 15. The number of nitrogens with one attached hydrogen (secondary N) is 2. The first-order chi connectivity index (χ1) is 20.3. The summed E-state index contributed by atoms with van der Waals surface area (Å²) in [5, 5.41) is 18.5. The number of phosphoric ester groups is 1. The summed E-state index contributed by atoms with van der Waals surface area (Å²) >= 11 is 0. The summed E-state index contributed by atoms with van der Waals surface area (Å²) in [5.74, 6) is 0.0323. The Morgan fingerprint density at radius 3 is 2.98 bits per heavy atom. The van der Waals surface area contributed by atoms with Crippen LogP contribution < -0.4 is 16.6 Å². The number of anilines is 2. The molecule has 0 spiro atoms. The first-order valence-electron chi connectivity index (χ1n) is 12.9. The van der Waals surface area contributed by atoms with Crippen LogP contribution in [0.3, 0.4) is 0 Å². The number of H-pyrrole nitrogens is 1. The molecule has 3 unspecified atom stereocenters.